The second-order valence-corrected chi connectivity index (χ2v) is 11.9. The van der Waals surface area contributed by atoms with E-state index in [-0.39, 0.29) is 64.8 Å². The number of nitrogens with one attached hydrogen (secondary N) is 2. The molecule has 6 rings (SSSR count). The van der Waals surface area contributed by atoms with Crippen molar-refractivity contribution in [3.8, 4) is 0 Å². The van der Waals surface area contributed by atoms with Gasteiger partial charge in [0.05, 0.1) is 49.6 Å². The van der Waals surface area contributed by atoms with E-state index in [4.69, 9.17) is 21.1 Å². The minimum absolute atomic E-state index is 0.0234. The Morgan fingerprint density at radius 1 is 1.11 bits per heavy atom. The summed E-state index contributed by atoms with van der Waals surface area (Å²) < 4.78 is 12.1. The summed E-state index contributed by atoms with van der Waals surface area (Å²) >= 11 is 6.59. The number of hydrogen-bond acceptors (Lipinski definition) is 8. The van der Waals surface area contributed by atoms with Crippen molar-refractivity contribution in [2.45, 2.75) is 67.8 Å². The van der Waals surface area contributed by atoms with E-state index in [1.165, 1.54) is 0 Å². The van der Waals surface area contributed by atoms with E-state index in [1.54, 1.807) is 0 Å². The van der Waals surface area contributed by atoms with E-state index in [0.29, 0.717) is 39.3 Å². The fraction of sp³-hybridized carbons (Fsp3) is 0.808. The molecule has 4 aliphatic heterocycles. The number of amides is 2. The number of hydrogen-bond donors (Lipinski definition) is 2. The van der Waals surface area contributed by atoms with Gasteiger partial charge in [-0.3, -0.25) is 24.2 Å². The van der Waals surface area contributed by atoms with Crippen LogP contribution in [0.15, 0.2) is 11.8 Å². The van der Waals surface area contributed by atoms with Gasteiger partial charge in [-0.25, -0.2) is 0 Å². The van der Waals surface area contributed by atoms with Crippen molar-refractivity contribution < 1.29 is 23.9 Å². The molecule has 11 heteroatoms. The molecular formula is C26H38ClN5O5. The lowest BCUT2D eigenvalue weighted by molar-refractivity contribution is -0.188. The summed E-state index contributed by atoms with van der Waals surface area (Å²) in [7, 11) is 0. The van der Waals surface area contributed by atoms with E-state index < -0.39 is 0 Å². The molecule has 2 N–H and O–H groups in total. The first kappa shape index (κ1) is 25.6. The molecule has 0 aromatic carbocycles. The number of fused-ring (bicyclic) bond motifs is 2. The molecular weight excluding hydrogens is 498 g/mol. The molecule has 6 aliphatic rings. The number of nitrogens with zero attached hydrogens (tertiary/aromatic N) is 3. The summed E-state index contributed by atoms with van der Waals surface area (Å²) in [4.78, 5) is 46.0. The smallest absolute Gasteiger partial charge is 0.256 e. The van der Waals surface area contributed by atoms with E-state index in [0.717, 1.165) is 51.9 Å². The standard InChI is InChI=1S/C26H38ClN5O5/c27-16-1-2-21-20(11-16)32-14-19(26(35)29-3-5-30-7-9-36-10-8-30)25(34)18-12-17(13-22(37-21)24(18)32)31-6-4-28-23(33)15-31/h14,16-18,20-22,24H,1-13,15H2,(H,28,33)(H,29,35). The maximum atomic E-state index is 13.9. The summed E-state index contributed by atoms with van der Waals surface area (Å²) in [5.41, 5.74) is 0.247. The number of ether oxygens (including phenoxy) is 2. The number of carbonyl (C=O) groups excluding carboxylic acids is 3. The van der Waals surface area contributed by atoms with Gasteiger partial charge < -0.3 is 25.0 Å². The monoisotopic (exact) mass is 535 g/mol. The van der Waals surface area contributed by atoms with Crippen LogP contribution < -0.4 is 10.6 Å². The van der Waals surface area contributed by atoms with Gasteiger partial charge in [-0.15, -0.1) is 11.6 Å². The van der Waals surface area contributed by atoms with Crippen molar-refractivity contribution in [3.05, 3.63) is 11.8 Å². The number of alkyl halides is 1. The predicted molar refractivity (Wildman–Crippen MR) is 136 cm³/mol. The van der Waals surface area contributed by atoms with Crippen molar-refractivity contribution >= 4 is 29.2 Å². The van der Waals surface area contributed by atoms with Gasteiger partial charge in [-0.2, -0.15) is 0 Å². The highest BCUT2D eigenvalue weighted by Gasteiger charge is 2.56. The van der Waals surface area contributed by atoms with Crippen LogP contribution in [0.5, 0.6) is 0 Å². The third-order valence-electron chi connectivity index (χ3n) is 9.12. The zero-order valence-electron chi connectivity index (χ0n) is 21.3. The van der Waals surface area contributed by atoms with Gasteiger partial charge in [0, 0.05) is 62.8 Å². The molecule has 4 heterocycles. The van der Waals surface area contributed by atoms with E-state index >= 15 is 0 Å². The van der Waals surface area contributed by atoms with Gasteiger partial charge in [0.15, 0.2) is 5.78 Å². The number of ketones is 1. The van der Waals surface area contributed by atoms with Crippen molar-refractivity contribution in [1.82, 2.24) is 25.3 Å². The molecule has 0 bridgehead atoms. The number of Topliss-reactive ketones (excluding diaryl/α,β-unsaturated/α-hetero) is 1. The van der Waals surface area contributed by atoms with E-state index in [1.807, 2.05) is 6.20 Å². The number of morpholine rings is 2. The topological polar surface area (TPSA) is 103 Å². The summed E-state index contributed by atoms with van der Waals surface area (Å²) in [5, 5.41) is 5.97. The number of piperazine rings is 1. The van der Waals surface area contributed by atoms with Crippen LogP contribution in [0, 0.1) is 5.92 Å². The lowest BCUT2D eigenvalue weighted by atomic mass is 9.70. The molecule has 204 valence electrons. The maximum absolute atomic E-state index is 13.9. The number of rotatable bonds is 5. The molecule has 5 fully saturated rings. The Kier molecular flexibility index (Phi) is 7.46. The highest BCUT2D eigenvalue weighted by molar-refractivity contribution is 6.21. The van der Waals surface area contributed by atoms with Gasteiger partial charge in [0.2, 0.25) is 5.91 Å². The van der Waals surface area contributed by atoms with Crippen LogP contribution in [0.4, 0.5) is 0 Å². The third-order valence-corrected chi connectivity index (χ3v) is 9.51. The summed E-state index contributed by atoms with van der Waals surface area (Å²) in [6, 6.07) is 0.0600. The van der Waals surface area contributed by atoms with Crippen LogP contribution in [-0.4, -0.2) is 127 Å². The Balaban J connectivity index is 1.23. The predicted octanol–water partition coefficient (Wildman–Crippen LogP) is -0.290. The van der Waals surface area contributed by atoms with Crippen LogP contribution in [0.25, 0.3) is 0 Å². The molecule has 0 aromatic heterocycles. The van der Waals surface area contributed by atoms with Gasteiger partial charge in [0.1, 0.15) is 0 Å². The minimum Gasteiger partial charge on any atom is -0.379 e. The second-order valence-electron chi connectivity index (χ2n) is 11.3. The van der Waals surface area contributed by atoms with Crippen LogP contribution in [0.3, 0.4) is 0 Å². The maximum Gasteiger partial charge on any atom is 0.256 e. The van der Waals surface area contributed by atoms with Crippen molar-refractivity contribution in [2.75, 3.05) is 59.0 Å². The summed E-state index contributed by atoms with van der Waals surface area (Å²) in [6.07, 6.45) is 5.75. The van der Waals surface area contributed by atoms with E-state index in [2.05, 4.69) is 25.3 Å². The van der Waals surface area contributed by atoms with Crippen molar-refractivity contribution in [1.29, 1.82) is 0 Å². The molecule has 0 radical (unpaired) electrons. The molecule has 7 atom stereocenters. The van der Waals surface area contributed by atoms with Gasteiger partial charge in [0.25, 0.3) is 5.91 Å². The lowest BCUT2D eigenvalue weighted by Gasteiger charge is -2.59. The van der Waals surface area contributed by atoms with Crippen LogP contribution >= 0.6 is 11.6 Å². The zero-order valence-corrected chi connectivity index (χ0v) is 22.0. The second kappa shape index (κ2) is 10.8. The van der Waals surface area contributed by atoms with E-state index in [9.17, 15) is 14.4 Å². The van der Waals surface area contributed by atoms with Crippen LogP contribution in [-0.2, 0) is 23.9 Å². The fourth-order valence-electron chi connectivity index (χ4n) is 7.26. The molecule has 7 unspecified atom stereocenters. The van der Waals surface area contributed by atoms with Gasteiger partial charge >= 0.3 is 0 Å². The first-order valence-corrected chi connectivity index (χ1v) is 14.3. The largest absolute Gasteiger partial charge is 0.379 e. The SMILES string of the molecule is O=C1CN(C2CC3OC4CCC(Cl)CC4N4C=C(C(=O)NCCN5CCOCC5)C(=O)C(C2)C34)CCN1. The molecule has 3 saturated heterocycles. The molecule has 0 aromatic rings. The van der Waals surface area contributed by atoms with Crippen molar-refractivity contribution in [2.24, 2.45) is 5.92 Å². The Bertz CT molecular complexity index is 942. The highest BCUT2D eigenvalue weighted by atomic mass is 35.5. The van der Waals surface area contributed by atoms with Gasteiger partial charge in [-0.05, 0) is 32.1 Å². The zero-order chi connectivity index (χ0) is 25.5. The molecule has 2 saturated carbocycles. The summed E-state index contributed by atoms with van der Waals surface area (Å²) in [5.74, 6) is -0.707. The average Bonchev–Trinajstić information content (AvgIpc) is 2.90. The molecule has 0 spiro atoms. The van der Waals surface area contributed by atoms with Crippen LogP contribution in [0.2, 0.25) is 0 Å². The Morgan fingerprint density at radius 3 is 2.76 bits per heavy atom. The molecule has 2 aliphatic carbocycles. The van der Waals surface area contributed by atoms with Crippen LogP contribution in [0.1, 0.15) is 32.1 Å². The Labute approximate surface area is 223 Å². The van der Waals surface area contributed by atoms with Crippen molar-refractivity contribution in [3.63, 3.8) is 0 Å². The summed E-state index contributed by atoms with van der Waals surface area (Å²) in [6.45, 7) is 6.09. The molecule has 2 amide bonds. The number of halogens is 1. The normalized spacial score (nSPS) is 38.8. The minimum atomic E-state index is -0.338. The first-order chi connectivity index (χ1) is 18.0. The quantitative estimate of drug-likeness (QED) is 0.366. The van der Waals surface area contributed by atoms with Gasteiger partial charge in [-0.1, -0.05) is 0 Å². The fourth-order valence-corrected chi connectivity index (χ4v) is 7.57. The Hall–Kier alpha value is -1.72. The number of carbonyl (C=O) groups is 3. The molecule has 37 heavy (non-hydrogen) atoms. The highest BCUT2D eigenvalue weighted by Crippen LogP contribution is 2.46. The first-order valence-electron chi connectivity index (χ1n) is 13.9. The average molecular weight is 536 g/mol. The molecule has 10 nitrogen and oxygen atoms in total. The lowest BCUT2D eigenvalue weighted by Crippen LogP contribution is -2.69. The Morgan fingerprint density at radius 2 is 1.95 bits per heavy atom. The third kappa shape index (κ3) is 5.15.